The number of nitrogens with zero attached hydrogens (tertiary/aromatic N) is 2. The molecule has 2 rings (SSSR count). The van der Waals surface area contributed by atoms with Gasteiger partial charge in [0, 0.05) is 31.2 Å². The van der Waals surface area contributed by atoms with Crippen LogP contribution in [0, 0.1) is 0 Å². The third-order valence-corrected chi connectivity index (χ3v) is 7.01. The van der Waals surface area contributed by atoms with Crippen LogP contribution >= 0.6 is 0 Å². The zero-order valence-electron chi connectivity index (χ0n) is 17.1. The van der Waals surface area contributed by atoms with E-state index in [-0.39, 0.29) is 41.9 Å². The maximum Gasteiger partial charge on any atom is 0.251 e. The van der Waals surface area contributed by atoms with Gasteiger partial charge in [-0.15, -0.1) is 0 Å². The van der Waals surface area contributed by atoms with Crippen LogP contribution in [0.2, 0.25) is 0 Å². The smallest absolute Gasteiger partial charge is 0.251 e. The number of likely N-dealkylation sites (N-methyl/N-ethyl adjacent to an activating group) is 1. The van der Waals surface area contributed by atoms with Crippen molar-refractivity contribution in [2.45, 2.75) is 45.3 Å². The number of hydrogen-bond acceptors (Lipinski definition) is 5. The molecule has 0 radical (unpaired) electrons. The summed E-state index contributed by atoms with van der Waals surface area (Å²) in [4.78, 5) is 28.3. The lowest BCUT2D eigenvalue weighted by Gasteiger charge is -2.35. The van der Waals surface area contributed by atoms with Crippen molar-refractivity contribution in [1.29, 1.82) is 0 Å². The van der Waals surface area contributed by atoms with Crippen LogP contribution in [0.3, 0.4) is 0 Å². The second-order valence-corrected chi connectivity index (χ2v) is 9.79. The molecule has 1 aliphatic heterocycles. The van der Waals surface area contributed by atoms with Gasteiger partial charge in [-0.1, -0.05) is 19.1 Å². The fraction of sp³-hybridized carbons (Fsp3) is 0.600. The minimum atomic E-state index is -3.05. The minimum Gasteiger partial charge on any atom is -0.355 e. The van der Waals surface area contributed by atoms with Gasteiger partial charge in [0.15, 0.2) is 9.84 Å². The molecule has 28 heavy (non-hydrogen) atoms. The van der Waals surface area contributed by atoms with Crippen molar-refractivity contribution in [3.8, 4) is 0 Å². The van der Waals surface area contributed by atoms with Crippen LogP contribution in [0.5, 0.6) is 0 Å². The highest BCUT2D eigenvalue weighted by molar-refractivity contribution is 7.91. The Morgan fingerprint density at radius 1 is 1.25 bits per heavy atom. The van der Waals surface area contributed by atoms with E-state index in [0.717, 1.165) is 12.0 Å². The highest BCUT2D eigenvalue weighted by Crippen LogP contribution is 2.21. The Bertz CT molecular complexity index is 792. The average molecular weight is 410 g/mol. The topological polar surface area (TPSA) is 86.8 Å². The molecule has 1 heterocycles. The maximum atomic E-state index is 13.0. The molecule has 8 heteroatoms. The van der Waals surface area contributed by atoms with Crippen LogP contribution in [0.1, 0.15) is 42.6 Å². The molecule has 0 bridgehead atoms. The Morgan fingerprint density at radius 3 is 2.39 bits per heavy atom. The highest BCUT2D eigenvalue weighted by Gasteiger charge is 2.36. The third-order valence-electron chi connectivity index (χ3n) is 5.26. The number of carbonyl (C=O) groups excluding carboxylic acids is 2. The van der Waals surface area contributed by atoms with Crippen molar-refractivity contribution in [2.24, 2.45) is 0 Å². The average Bonchev–Trinajstić information content (AvgIpc) is 3.00. The molecule has 1 saturated heterocycles. The number of amides is 2. The summed E-state index contributed by atoms with van der Waals surface area (Å²) in [7, 11) is 0.411. The molecule has 7 nitrogen and oxygen atoms in total. The van der Waals surface area contributed by atoms with Crippen molar-refractivity contribution in [1.82, 2.24) is 15.1 Å². The zero-order chi connectivity index (χ0) is 20.9. The third kappa shape index (κ3) is 5.78. The van der Waals surface area contributed by atoms with Gasteiger partial charge in [-0.3, -0.25) is 14.5 Å². The number of sulfone groups is 1. The summed E-state index contributed by atoms with van der Waals surface area (Å²) in [6.07, 6.45) is 1.30. The van der Waals surface area contributed by atoms with E-state index in [1.54, 1.807) is 24.1 Å². The van der Waals surface area contributed by atoms with Crippen LogP contribution in [-0.2, 0) is 21.2 Å². The minimum absolute atomic E-state index is 0.00559. The van der Waals surface area contributed by atoms with Crippen LogP contribution in [0.4, 0.5) is 0 Å². The summed E-state index contributed by atoms with van der Waals surface area (Å²) in [6.45, 7) is 4.77. The first-order valence-corrected chi connectivity index (χ1v) is 11.5. The lowest BCUT2D eigenvalue weighted by Crippen LogP contribution is -2.49. The molecule has 1 aromatic carbocycles. The first-order chi connectivity index (χ1) is 13.2. The fourth-order valence-corrected chi connectivity index (χ4v) is 5.30. The van der Waals surface area contributed by atoms with Crippen molar-refractivity contribution in [2.75, 3.05) is 32.1 Å². The van der Waals surface area contributed by atoms with E-state index in [2.05, 4.69) is 5.32 Å². The molecule has 0 spiro atoms. The van der Waals surface area contributed by atoms with E-state index in [4.69, 9.17) is 0 Å². The van der Waals surface area contributed by atoms with Crippen LogP contribution in [-0.4, -0.2) is 74.3 Å². The second-order valence-electron chi connectivity index (χ2n) is 7.56. The van der Waals surface area contributed by atoms with E-state index >= 15 is 0 Å². The Balaban J connectivity index is 2.01. The molecular formula is C20H31N3O4S. The van der Waals surface area contributed by atoms with Crippen molar-refractivity contribution in [3.63, 3.8) is 0 Å². The van der Waals surface area contributed by atoms with Crippen LogP contribution in [0.15, 0.2) is 24.3 Å². The van der Waals surface area contributed by atoms with Gasteiger partial charge in [-0.05, 0) is 44.5 Å². The van der Waals surface area contributed by atoms with E-state index in [9.17, 15) is 18.0 Å². The first kappa shape index (κ1) is 22.4. The normalized spacial score (nSPS) is 19.4. The lowest BCUT2D eigenvalue weighted by molar-refractivity contribution is -0.136. The molecule has 1 aliphatic rings. The number of hydrogen-bond donors (Lipinski definition) is 1. The quantitative estimate of drug-likeness (QED) is 0.699. The predicted molar refractivity (Wildman–Crippen MR) is 110 cm³/mol. The summed E-state index contributed by atoms with van der Waals surface area (Å²) in [5.74, 6) is 0.0471. The molecule has 2 amide bonds. The summed E-state index contributed by atoms with van der Waals surface area (Å²) >= 11 is 0. The maximum absolute atomic E-state index is 13.0. The molecule has 0 saturated carbocycles. The fourth-order valence-electron chi connectivity index (χ4n) is 3.59. The summed E-state index contributed by atoms with van der Waals surface area (Å²) in [5.41, 5.74) is 1.59. The standard InChI is InChI=1S/C20H31N3O4S/c1-5-15(2)23(18-10-11-28(26,27)14-18)19(24)13-22(4)12-16-6-8-17(9-7-16)20(25)21-3/h6-9,15,18H,5,10-14H2,1-4H3,(H,21,25)/t15-,18-/m1/s1. The largest absolute Gasteiger partial charge is 0.355 e. The van der Waals surface area contributed by atoms with E-state index in [1.807, 2.05) is 37.9 Å². The number of nitrogens with one attached hydrogen (secondary N) is 1. The summed E-state index contributed by atoms with van der Waals surface area (Å²) < 4.78 is 23.7. The number of benzene rings is 1. The molecule has 2 atom stereocenters. The molecule has 0 aliphatic carbocycles. The predicted octanol–water partition coefficient (Wildman–Crippen LogP) is 1.29. The van der Waals surface area contributed by atoms with Crippen LogP contribution in [0.25, 0.3) is 0 Å². The Morgan fingerprint density at radius 2 is 1.89 bits per heavy atom. The van der Waals surface area contributed by atoms with Gasteiger partial charge in [0.05, 0.1) is 18.1 Å². The highest BCUT2D eigenvalue weighted by atomic mass is 32.2. The summed E-state index contributed by atoms with van der Waals surface area (Å²) in [6, 6.07) is 7.05. The van der Waals surface area contributed by atoms with Crippen molar-refractivity contribution in [3.05, 3.63) is 35.4 Å². The summed E-state index contributed by atoms with van der Waals surface area (Å²) in [5, 5.41) is 2.59. The van der Waals surface area contributed by atoms with Gasteiger partial charge < -0.3 is 10.2 Å². The Labute approximate surface area is 168 Å². The molecule has 1 N–H and O–H groups in total. The van der Waals surface area contributed by atoms with Gasteiger partial charge in [0.25, 0.3) is 5.91 Å². The zero-order valence-corrected chi connectivity index (χ0v) is 18.0. The molecule has 1 aromatic rings. The van der Waals surface area contributed by atoms with Crippen molar-refractivity contribution < 1.29 is 18.0 Å². The van der Waals surface area contributed by atoms with E-state index in [0.29, 0.717) is 18.5 Å². The Hall–Kier alpha value is -1.93. The van der Waals surface area contributed by atoms with Gasteiger partial charge in [-0.25, -0.2) is 8.42 Å². The van der Waals surface area contributed by atoms with Gasteiger partial charge in [0.1, 0.15) is 0 Å². The molecule has 0 aromatic heterocycles. The second kappa shape index (κ2) is 9.52. The van der Waals surface area contributed by atoms with Crippen LogP contribution < -0.4 is 5.32 Å². The van der Waals surface area contributed by atoms with Gasteiger partial charge >= 0.3 is 0 Å². The lowest BCUT2D eigenvalue weighted by atomic mass is 10.1. The van der Waals surface area contributed by atoms with E-state index in [1.165, 1.54) is 0 Å². The monoisotopic (exact) mass is 409 g/mol. The van der Waals surface area contributed by atoms with Gasteiger partial charge in [0.2, 0.25) is 5.91 Å². The Kier molecular flexibility index (Phi) is 7.60. The van der Waals surface area contributed by atoms with Crippen molar-refractivity contribution >= 4 is 21.7 Å². The number of rotatable bonds is 8. The molecular weight excluding hydrogens is 378 g/mol. The first-order valence-electron chi connectivity index (χ1n) is 9.68. The molecule has 1 fully saturated rings. The van der Waals surface area contributed by atoms with Gasteiger partial charge in [-0.2, -0.15) is 0 Å². The molecule has 156 valence electrons. The SMILES string of the molecule is CC[C@@H](C)N(C(=O)CN(C)Cc1ccc(C(=O)NC)cc1)[C@@H]1CCS(=O)(=O)C1. The molecule has 0 unspecified atom stereocenters. The van der Waals surface area contributed by atoms with E-state index < -0.39 is 9.84 Å². The number of carbonyl (C=O) groups is 2.